The molecular formula is C27H29N5O3. The monoisotopic (exact) mass is 471 g/mol. The van der Waals surface area contributed by atoms with E-state index in [1.165, 1.54) is 5.56 Å². The molecule has 0 aliphatic heterocycles. The van der Waals surface area contributed by atoms with Gasteiger partial charge >= 0.3 is 6.03 Å². The predicted octanol–water partition coefficient (Wildman–Crippen LogP) is 4.73. The molecule has 2 amide bonds. The Kier molecular flexibility index (Phi) is 7.84. The molecule has 0 bridgehead atoms. The quantitative estimate of drug-likeness (QED) is 0.326. The molecule has 0 unspecified atom stereocenters. The highest BCUT2D eigenvalue weighted by molar-refractivity contribution is 5.89. The lowest BCUT2D eigenvalue weighted by Gasteiger charge is -2.14. The van der Waals surface area contributed by atoms with E-state index >= 15 is 0 Å². The molecule has 2 aromatic heterocycles. The number of ether oxygens (including phenoxy) is 1. The van der Waals surface area contributed by atoms with E-state index in [4.69, 9.17) is 4.74 Å². The second-order valence-electron chi connectivity index (χ2n) is 8.36. The molecule has 4 rings (SSSR count). The highest BCUT2D eigenvalue weighted by Gasteiger charge is 2.12. The summed E-state index contributed by atoms with van der Waals surface area (Å²) in [6.07, 6.45) is 4.49. The Morgan fingerprint density at radius 2 is 1.89 bits per heavy atom. The summed E-state index contributed by atoms with van der Waals surface area (Å²) in [6.45, 7) is 1.91. The molecule has 1 atom stereocenters. The summed E-state index contributed by atoms with van der Waals surface area (Å²) in [6, 6.07) is 18.9. The number of aliphatic hydroxyl groups excluding tert-OH is 1. The number of methoxy groups -OCH3 is 1. The van der Waals surface area contributed by atoms with E-state index in [0.717, 1.165) is 30.4 Å². The number of anilines is 1. The van der Waals surface area contributed by atoms with Gasteiger partial charge < -0.3 is 15.2 Å². The maximum atomic E-state index is 12.5. The van der Waals surface area contributed by atoms with Crippen molar-refractivity contribution in [1.82, 2.24) is 20.3 Å². The number of amides is 2. The lowest BCUT2D eigenvalue weighted by Crippen LogP contribution is -2.36. The second kappa shape index (κ2) is 11.4. The first-order valence-corrected chi connectivity index (χ1v) is 11.6. The second-order valence-corrected chi connectivity index (χ2v) is 8.36. The standard InChI is InChI=1S/C27H29N5O3/c1-18(7-6-10-19-8-4-3-5-9-19)29-27(34)32-25-14-13-22-26(31-25)30-23(16-28-22)21-12-11-20(17-33)15-24(21)35-2/h3-5,8-9,11-16,18,33H,6-7,10,17H2,1-2H3,(H2,29,30,31,32,34)/t18-/m1/s1. The molecule has 0 aliphatic carbocycles. The molecular weight excluding hydrogens is 442 g/mol. The van der Waals surface area contributed by atoms with E-state index in [0.29, 0.717) is 28.4 Å². The average Bonchev–Trinajstić information content (AvgIpc) is 2.88. The summed E-state index contributed by atoms with van der Waals surface area (Å²) in [5.41, 5.74) is 4.38. The van der Waals surface area contributed by atoms with Gasteiger partial charge in [0.2, 0.25) is 0 Å². The molecule has 0 fully saturated rings. The number of hydrogen-bond acceptors (Lipinski definition) is 6. The number of fused-ring (bicyclic) bond motifs is 1. The van der Waals surface area contributed by atoms with Crippen LogP contribution in [0.15, 0.2) is 66.9 Å². The molecule has 8 heteroatoms. The SMILES string of the molecule is COc1cc(CO)ccc1-c1cnc2ccc(NC(=O)N[C@H](C)CCCc3ccccc3)nc2n1. The van der Waals surface area contributed by atoms with Crippen LogP contribution >= 0.6 is 0 Å². The first-order chi connectivity index (χ1) is 17.1. The van der Waals surface area contributed by atoms with Crippen LogP contribution in [0.25, 0.3) is 22.4 Å². The largest absolute Gasteiger partial charge is 0.496 e. The van der Waals surface area contributed by atoms with E-state index in [-0.39, 0.29) is 18.7 Å². The van der Waals surface area contributed by atoms with Crippen molar-refractivity contribution in [3.05, 3.63) is 78.0 Å². The van der Waals surface area contributed by atoms with Gasteiger partial charge in [-0.3, -0.25) is 10.3 Å². The number of rotatable bonds is 9. The molecule has 0 saturated heterocycles. The summed E-state index contributed by atoms with van der Waals surface area (Å²) in [7, 11) is 1.57. The lowest BCUT2D eigenvalue weighted by molar-refractivity contribution is 0.248. The number of nitrogens with zero attached hydrogens (tertiary/aromatic N) is 3. The third-order valence-corrected chi connectivity index (χ3v) is 5.70. The number of pyridine rings is 1. The van der Waals surface area contributed by atoms with Crippen LogP contribution in [0.4, 0.5) is 10.6 Å². The van der Waals surface area contributed by atoms with Gasteiger partial charge in [-0.25, -0.2) is 14.8 Å². The average molecular weight is 472 g/mol. The Hall–Kier alpha value is -4.04. The van der Waals surface area contributed by atoms with Gasteiger partial charge in [0.05, 0.1) is 25.6 Å². The van der Waals surface area contributed by atoms with Gasteiger partial charge in [0.1, 0.15) is 17.1 Å². The molecule has 0 radical (unpaired) electrons. The Bertz CT molecular complexity index is 1300. The zero-order chi connectivity index (χ0) is 24.6. The van der Waals surface area contributed by atoms with Crippen molar-refractivity contribution in [1.29, 1.82) is 0 Å². The normalized spacial score (nSPS) is 11.7. The topological polar surface area (TPSA) is 109 Å². The van der Waals surface area contributed by atoms with E-state index in [2.05, 4.69) is 37.7 Å². The number of carbonyl (C=O) groups excluding carboxylic acids is 1. The molecule has 0 aliphatic rings. The first kappa shape index (κ1) is 24.1. The Morgan fingerprint density at radius 3 is 2.66 bits per heavy atom. The van der Waals surface area contributed by atoms with Crippen LogP contribution in [0, 0.1) is 0 Å². The lowest BCUT2D eigenvalue weighted by atomic mass is 10.1. The van der Waals surface area contributed by atoms with Gasteiger partial charge in [-0.05, 0) is 61.6 Å². The molecule has 8 nitrogen and oxygen atoms in total. The number of carbonyl (C=O) groups is 1. The van der Waals surface area contributed by atoms with Crippen LogP contribution in [0.5, 0.6) is 5.75 Å². The molecule has 180 valence electrons. The summed E-state index contributed by atoms with van der Waals surface area (Å²) in [4.78, 5) is 26.0. The maximum Gasteiger partial charge on any atom is 0.320 e. The molecule has 4 aromatic rings. The third-order valence-electron chi connectivity index (χ3n) is 5.70. The summed E-state index contributed by atoms with van der Waals surface area (Å²) < 4.78 is 5.46. The number of aliphatic hydroxyl groups is 1. The van der Waals surface area contributed by atoms with E-state index < -0.39 is 0 Å². The van der Waals surface area contributed by atoms with Gasteiger partial charge in [-0.15, -0.1) is 0 Å². The van der Waals surface area contributed by atoms with E-state index in [9.17, 15) is 9.90 Å². The highest BCUT2D eigenvalue weighted by atomic mass is 16.5. The van der Waals surface area contributed by atoms with Crippen molar-refractivity contribution in [3.63, 3.8) is 0 Å². The van der Waals surface area contributed by atoms with Crippen molar-refractivity contribution in [2.45, 2.75) is 38.8 Å². The fraction of sp³-hybridized carbons (Fsp3) is 0.259. The van der Waals surface area contributed by atoms with Gasteiger partial charge in [-0.1, -0.05) is 36.4 Å². The van der Waals surface area contributed by atoms with Crippen molar-refractivity contribution in [3.8, 4) is 17.0 Å². The summed E-state index contributed by atoms with van der Waals surface area (Å²) in [5, 5.41) is 15.1. The number of benzene rings is 2. The van der Waals surface area contributed by atoms with Gasteiger partial charge in [0.15, 0.2) is 5.65 Å². The van der Waals surface area contributed by atoms with Crippen molar-refractivity contribution in [2.24, 2.45) is 0 Å². The maximum absolute atomic E-state index is 12.5. The fourth-order valence-corrected chi connectivity index (χ4v) is 3.85. The van der Waals surface area contributed by atoms with Crippen molar-refractivity contribution in [2.75, 3.05) is 12.4 Å². The zero-order valence-electron chi connectivity index (χ0n) is 19.9. The molecule has 0 saturated carbocycles. The van der Waals surface area contributed by atoms with Gasteiger partial charge in [-0.2, -0.15) is 0 Å². The number of aromatic nitrogens is 3. The van der Waals surface area contributed by atoms with Crippen LogP contribution < -0.4 is 15.4 Å². The Morgan fingerprint density at radius 1 is 1.06 bits per heavy atom. The molecule has 35 heavy (non-hydrogen) atoms. The van der Waals surface area contributed by atoms with Crippen LogP contribution in [0.3, 0.4) is 0 Å². The first-order valence-electron chi connectivity index (χ1n) is 11.6. The summed E-state index contributed by atoms with van der Waals surface area (Å²) in [5.74, 6) is 0.973. The predicted molar refractivity (Wildman–Crippen MR) is 136 cm³/mol. The highest BCUT2D eigenvalue weighted by Crippen LogP contribution is 2.30. The Balaban J connectivity index is 1.40. The van der Waals surface area contributed by atoms with Crippen molar-refractivity contribution >= 4 is 23.0 Å². The number of nitrogens with one attached hydrogen (secondary N) is 2. The van der Waals surface area contributed by atoms with Crippen LogP contribution in [0.1, 0.15) is 30.9 Å². The molecule has 0 spiro atoms. The number of aryl methyl sites for hydroxylation is 1. The van der Waals surface area contributed by atoms with Crippen molar-refractivity contribution < 1.29 is 14.6 Å². The number of hydrogen-bond donors (Lipinski definition) is 3. The molecule has 2 aromatic carbocycles. The van der Waals surface area contributed by atoms with E-state index in [1.54, 1.807) is 37.6 Å². The van der Waals surface area contributed by atoms with Gasteiger partial charge in [0, 0.05) is 11.6 Å². The van der Waals surface area contributed by atoms with Crippen LogP contribution in [0.2, 0.25) is 0 Å². The molecule has 2 heterocycles. The van der Waals surface area contributed by atoms with Gasteiger partial charge in [0.25, 0.3) is 0 Å². The van der Waals surface area contributed by atoms with E-state index in [1.807, 2.05) is 31.2 Å². The smallest absolute Gasteiger partial charge is 0.320 e. The minimum atomic E-state index is -0.311. The molecule has 3 N–H and O–H groups in total. The third kappa shape index (κ3) is 6.30. The summed E-state index contributed by atoms with van der Waals surface area (Å²) >= 11 is 0. The minimum absolute atomic E-state index is 0.0277. The zero-order valence-corrected chi connectivity index (χ0v) is 19.9. The van der Waals surface area contributed by atoms with Crippen LogP contribution in [-0.2, 0) is 13.0 Å². The number of urea groups is 1. The van der Waals surface area contributed by atoms with Crippen LogP contribution in [-0.4, -0.2) is 39.2 Å². The minimum Gasteiger partial charge on any atom is -0.496 e. The fourth-order valence-electron chi connectivity index (χ4n) is 3.85. The Labute approximate surface area is 204 Å².